The highest BCUT2D eigenvalue weighted by Gasteiger charge is 2.01. The zero-order valence-corrected chi connectivity index (χ0v) is 10.7. The minimum atomic E-state index is 0.812. The average Bonchev–Trinajstić information content (AvgIpc) is 2.36. The number of hydrogen-bond donors (Lipinski definition) is 1. The summed E-state index contributed by atoms with van der Waals surface area (Å²) in [6.45, 7) is 8.36. The number of hydrogen-bond acceptors (Lipinski definition) is 2. The first-order valence-corrected chi connectivity index (χ1v) is 6.40. The van der Waals surface area contributed by atoms with Crippen LogP contribution in [0.4, 0.5) is 0 Å². The second-order valence-electron chi connectivity index (χ2n) is 4.08. The Morgan fingerprint density at radius 3 is 2.88 bits per heavy atom. The first-order valence-electron chi connectivity index (χ1n) is 6.40. The number of para-hydroxylation sites is 1. The van der Waals surface area contributed by atoms with Crippen LogP contribution in [-0.4, -0.2) is 13.2 Å². The Morgan fingerprint density at radius 2 is 2.12 bits per heavy atom. The summed E-state index contributed by atoms with van der Waals surface area (Å²) in [7, 11) is 0. The van der Waals surface area contributed by atoms with Gasteiger partial charge in [0.05, 0.1) is 6.61 Å². The number of nitrogens with one attached hydrogen (secondary N) is 1. The molecule has 1 aromatic rings. The van der Waals surface area contributed by atoms with Crippen molar-refractivity contribution in [2.45, 2.75) is 32.7 Å². The van der Waals surface area contributed by atoms with E-state index in [1.54, 1.807) is 0 Å². The van der Waals surface area contributed by atoms with Crippen LogP contribution in [0.5, 0.6) is 5.75 Å². The second kappa shape index (κ2) is 8.82. The van der Waals surface area contributed by atoms with Crippen molar-refractivity contribution in [3.63, 3.8) is 0 Å². The van der Waals surface area contributed by atoms with Gasteiger partial charge in [-0.05, 0) is 12.5 Å². The van der Waals surface area contributed by atoms with E-state index in [0.29, 0.717) is 0 Å². The number of benzene rings is 1. The highest BCUT2D eigenvalue weighted by molar-refractivity contribution is 5.33. The minimum absolute atomic E-state index is 0.812. The maximum absolute atomic E-state index is 5.80. The summed E-state index contributed by atoms with van der Waals surface area (Å²) in [5.41, 5.74) is 1.21. The number of unbranched alkanes of at least 4 members (excludes halogenated alkanes) is 2. The molecular formula is C15H23NO. The van der Waals surface area contributed by atoms with Crippen molar-refractivity contribution in [1.29, 1.82) is 0 Å². The molecule has 0 unspecified atom stereocenters. The molecule has 0 aliphatic carbocycles. The van der Waals surface area contributed by atoms with Gasteiger partial charge in [0.25, 0.3) is 0 Å². The topological polar surface area (TPSA) is 21.3 Å². The van der Waals surface area contributed by atoms with Crippen molar-refractivity contribution in [2.75, 3.05) is 13.2 Å². The summed E-state index contributed by atoms with van der Waals surface area (Å²) < 4.78 is 5.80. The Hall–Kier alpha value is -1.28. The van der Waals surface area contributed by atoms with Crippen molar-refractivity contribution in [1.82, 2.24) is 5.32 Å². The van der Waals surface area contributed by atoms with Gasteiger partial charge in [-0.1, -0.05) is 44.0 Å². The van der Waals surface area contributed by atoms with Crippen LogP contribution in [0, 0.1) is 0 Å². The van der Waals surface area contributed by atoms with Crippen molar-refractivity contribution in [2.24, 2.45) is 0 Å². The molecule has 0 bridgehead atoms. The van der Waals surface area contributed by atoms with Crippen LogP contribution in [0.15, 0.2) is 36.9 Å². The molecule has 0 aliphatic heterocycles. The van der Waals surface area contributed by atoms with Crippen molar-refractivity contribution < 1.29 is 4.74 Å². The fraction of sp³-hybridized carbons (Fsp3) is 0.467. The largest absolute Gasteiger partial charge is 0.493 e. The van der Waals surface area contributed by atoms with Crippen LogP contribution in [0.3, 0.4) is 0 Å². The molecule has 0 amide bonds. The van der Waals surface area contributed by atoms with E-state index in [1.165, 1.54) is 18.4 Å². The maximum Gasteiger partial charge on any atom is 0.123 e. The Balaban J connectivity index is 2.42. The van der Waals surface area contributed by atoms with E-state index in [1.807, 2.05) is 24.3 Å². The van der Waals surface area contributed by atoms with Crippen LogP contribution in [0.2, 0.25) is 0 Å². The van der Waals surface area contributed by atoms with Crippen LogP contribution in [-0.2, 0) is 6.54 Å². The maximum atomic E-state index is 5.80. The minimum Gasteiger partial charge on any atom is -0.493 e. The van der Waals surface area contributed by atoms with E-state index in [4.69, 9.17) is 4.74 Å². The first kappa shape index (κ1) is 13.8. The fourth-order valence-corrected chi connectivity index (χ4v) is 1.63. The van der Waals surface area contributed by atoms with Crippen molar-refractivity contribution in [3.05, 3.63) is 42.5 Å². The second-order valence-corrected chi connectivity index (χ2v) is 4.08. The summed E-state index contributed by atoms with van der Waals surface area (Å²) in [4.78, 5) is 0. The van der Waals surface area contributed by atoms with Crippen LogP contribution in [0.25, 0.3) is 0 Å². The lowest BCUT2D eigenvalue weighted by atomic mass is 10.2. The van der Waals surface area contributed by atoms with E-state index in [0.717, 1.165) is 31.9 Å². The van der Waals surface area contributed by atoms with Crippen LogP contribution in [0.1, 0.15) is 31.7 Å². The predicted molar refractivity (Wildman–Crippen MR) is 73.4 cm³/mol. The highest BCUT2D eigenvalue weighted by atomic mass is 16.5. The van der Waals surface area contributed by atoms with E-state index in [9.17, 15) is 0 Å². The zero-order valence-electron chi connectivity index (χ0n) is 10.7. The SMILES string of the molecule is C=CCNCc1ccccc1OCCCCC. The lowest BCUT2D eigenvalue weighted by Gasteiger charge is -2.11. The zero-order chi connectivity index (χ0) is 12.3. The monoisotopic (exact) mass is 233 g/mol. The lowest BCUT2D eigenvalue weighted by Crippen LogP contribution is -2.13. The summed E-state index contributed by atoms with van der Waals surface area (Å²) in [5.74, 6) is 1.00. The van der Waals surface area contributed by atoms with Gasteiger partial charge in [0.1, 0.15) is 5.75 Å². The van der Waals surface area contributed by atoms with Crippen LogP contribution >= 0.6 is 0 Å². The van der Waals surface area contributed by atoms with Gasteiger partial charge in [0.15, 0.2) is 0 Å². The molecule has 0 atom stereocenters. The van der Waals surface area contributed by atoms with Gasteiger partial charge in [-0.3, -0.25) is 0 Å². The third kappa shape index (κ3) is 5.55. The molecule has 17 heavy (non-hydrogen) atoms. The normalized spacial score (nSPS) is 10.2. The molecule has 0 heterocycles. The predicted octanol–water partition coefficient (Wildman–Crippen LogP) is 3.53. The summed E-state index contributed by atoms with van der Waals surface area (Å²) >= 11 is 0. The molecule has 2 nitrogen and oxygen atoms in total. The molecule has 0 spiro atoms. The molecule has 0 fully saturated rings. The van der Waals surface area contributed by atoms with Gasteiger partial charge in [-0.15, -0.1) is 6.58 Å². The third-order valence-electron chi connectivity index (χ3n) is 2.58. The lowest BCUT2D eigenvalue weighted by molar-refractivity contribution is 0.302. The Bertz CT molecular complexity index is 322. The average molecular weight is 233 g/mol. The van der Waals surface area contributed by atoms with Crippen molar-refractivity contribution in [3.8, 4) is 5.75 Å². The van der Waals surface area contributed by atoms with E-state index in [2.05, 4.69) is 24.9 Å². The molecule has 1 aromatic carbocycles. The molecule has 0 saturated carbocycles. The first-order chi connectivity index (χ1) is 8.38. The summed E-state index contributed by atoms with van der Waals surface area (Å²) in [6, 6.07) is 8.21. The molecule has 0 saturated heterocycles. The number of ether oxygens (including phenoxy) is 1. The Morgan fingerprint density at radius 1 is 1.29 bits per heavy atom. The molecule has 94 valence electrons. The Labute approximate surface area is 105 Å². The molecule has 0 radical (unpaired) electrons. The quantitative estimate of drug-likeness (QED) is 0.520. The van der Waals surface area contributed by atoms with Gasteiger partial charge in [-0.25, -0.2) is 0 Å². The molecule has 1 rings (SSSR count). The van der Waals surface area contributed by atoms with E-state index >= 15 is 0 Å². The van der Waals surface area contributed by atoms with Crippen LogP contribution < -0.4 is 10.1 Å². The smallest absolute Gasteiger partial charge is 0.123 e. The van der Waals surface area contributed by atoms with Gasteiger partial charge < -0.3 is 10.1 Å². The number of rotatable bonds is 9. The Kier molecular flexibility index (Phi) is 7.15. The highest BCUT2D eigenvalue weighted by Crippen LogP contribution is 2.18. The van der Waals surface area contributed by atoms with Gasteiger partial charge in [-0.2, -0.15) is 0 Å². The molecule has 1 N–H and O–H groups in total. The van der Waals surface area contributed by atoms with Gasteiger partial charge in [0.2, 0.25) is 0 Å². The van der Waals surface area contributed by atoms with E-state index in [-0.39, 0.29) is 0 Å². The van der Waals surface area contributed by atoms with Gasteiger partial charge >= 0.3 is 0 Å². The summed E-state index contributed by atoms with van der Waals surface area (Å²) in [5, 5.41) is 3.30. The third-order valence-corrected chi connectivity index (χ3v) is 2.58. The molecule has 0 aromatic heterocycles. The molecular weight excluding hydrogens is 210 g/mol. The van der Waals surface area contributed by atoms with Crippen molar-refractivity contribution >= 4 is 0 Å². The summed E-state index contributed by atoms with van der Waals surface area (Å²) in [6.07, 6.45) is 5.46. The molecule has 2 heteroatoms. The fourth-order valence-electron chi connectivity index (χ4n) is 1.63. The standard InChI is InChI=1S/C15H23NO/c1-3-5-8-12-17-15-10-7-6-9-14(15)13-16-11-4-2/h4,6-7,9-10,16H,2-3,5,8,11-13H2,1H3. The molecule has 0 aliphatic rings. The van der Waals surface area contributed by atoms with Gasteiger partial charge in [0, 0.05) is 18.7 Å². The van der Waals surface area contributed by atoms with E-state index < -0.39 is 0 Å².